The van der Waals surface area contributed by atoms with Gasteiger partial charge in [0, 0.05) is 36.7 Å². The molecule has 3 aromatic rings. The van der Waals surface area contributed by atoms with Crippen molar-refractivity contribution < 1.29 is 9.66 Å². The molecule has 1 N–H and O–H groups in total. The highest BCUT2D eigenvalue weighted by Crippen LogP contribution is 2.30. The Morgan fingerprint density at radius 2 is 2.00 bits per heavy atom. The van der Waals surface area contributed by atoms with Crippen molar-refractivity contribution in [2.75, 3.05) is 12.4 Å². The SMILES string of the molecule is COCc1cc([N+](=O)[O-])ccc1NC(c1cccc(C)c1)c1ccccn1. The summed E-state index contributed by atoms with van der Waals surface area (Å²) in [6.45, 7) is 2.31. The van der Waals surface area contributed by atoms with Crippen LogP contribution in [-0.4, -0.2) is 17.0 Å². The molecular formula is C21H21N3O3. The Bertz CT molecular complexity index is 929. The minimum absolute atomic E-state index is 0.0394. The number of hydrogen-bond acceptors (Lipinski definition) is 5. The lowest BCUT2D eigenvalue weighted by molar-refractivity contribution is -0.384. The van der Waals surface area contributed by atoms with Gasteiger partial charge >= 0.3 is 0 Å². The minimum Gasteiger partial charge on any atom is -0.380 e. The lowest BCUT2D eigenvalue weighted by Gasteiger charge is -2.22. The van der Waals surface area contributed by atoms with Crippen molar-refractivity contribution in [3.05, 3.63) is 99.4 Å². The minimum atomic E-state index is -0.403. The van der Waals surface area contributed by atoms with Crippen molar-refractivity contribution in [2.24, 2.45) is 0 Å². The quantitative estimate of drug-likeness (QED) is 0.488. The van der Waals surface area contributed by atoms with E-state index in [1.165, 1.54) is 12.1 Å². The van der Waals surface area contributed by atoms with Gasteiger partial charge in [-0.2, -0.15) is 0 Å². The molecule has 2 aromatic carbocycles. The van der Waals surface area contributed by atoms with Crippen LogP contribution in [0.4, 0.5) is 11.4 Å². The average Bonchev–Trinajstić information content (AvgIpc) is 2.67. The standard InChI is InChI=1S/C21H21N3O3/c1-15-6-5-7-16(12-15)21(20-8-3-4-11-22-20)23-19-10-9-18(24(25)26)13-17(19)14-27-2/h3-13,21,23H,14H2,1-2H3. The number of aromatic nitrogens is 1. The highest BCUT2D eigenvalue weighted by molar-refractivity contribution is 5.58. The molecule has 1 unspecified atom stereocenters. The number of rotatable bonds is 7. The molecule has 1 aromatic heterocycles. The number of ether oxygens (including phenoxy) is 1. The van der Waals surface area contributed by atoms with Crippen LogP contribution < -0.4 is 5.32 Å². The van der Waals surface area contributed by atoms with E-state index in [4.69, 9.17) is 4.74 Å². The number of anilines is 1. The smallest absolute Gasteiger partial charge is 0.269 e. The molecule has 0 spiro atoms. The lowest BCUT2D eigenvalue weighted by Crippen LogP contribution is -2.15. The van der Waals surface area contributed by atoms with Gasteiger partial charge in [-0.15, -0.1) is 0 Å². The molecule has 1 atom stereocenters. The Balaban J connectivity index is 2.03. The van der Waals surface area contributed by atoms with Crippen molar-refractivity contribution in [3.8, 4) is 0 Å². The van der Waals surface area contributed by atoms with Gasteiger partial charge in [0.15, 0.2) is 0 Å². The third-order valence-corrected chi connectivity index (χ3v) is 4.26. The van der Waals surface area contributed by atoms with Gasteiger partial charge < -0.3 is 10.1 Å². The first kappa shape index (κ1) is 18.5. The summed E-state index contributed by atoms with van der Waals surface area (Å²) in [5.41, 5.74) is 4.62. The molecule has 0 fully saturated rings. The average molecular weight is 363 g/mol. The molecule has 0 aliphatic heterocycles. The zero-order chi connectivity index (χ0) is 19.2. The second kappa shape index (κ2) is 8.42. The van der Waals surface area contributed by atoms with E-state index in [0.29, 0.717) is 0 Å². The second-order valence-electron chi connectivity index (χ2n) is 6.28. The third kappa shape index (κ3) is 4.48. The summed E-state index contributed by atoms with van der Waals surface area (Å²) < 4.78 is 5.24. The summed E-state index contributed by atoms with van der Waals surface area (Å²) in [6.07, 6.45) is 1.76. The first-order valence-electron chi connectivity index (χ1n) is 8.59. The van der Waals surface area contributed by atoms with Gasteiger partial charge in [-0.1, -0.05) is 35.9 Å². The predicted molar refractivity (Wildman–Crippen MR) is 105 cm³/mol. The molecule has 3 rings (SSSR count). The Morgan fingerprint density at radius 3 is 2.67 bits per heavy atom. The van der Waals surface area contributed by atoms with Gasteiger partial charge in [-0.3, -0.25) is 15.1 Å². The van der Waals surface area contributed by atoms with Crippen molar-refractivity contribution in [2.45, 2.75) is 19.6 Å². The molecule has 0 aliphatic rings. The van der Waals surface area contributed by atoms with Gasteiger partial charge in [0.25, 0.3) is 5.69 Å². The summed E-state index contributed by atoms with van der Waals surface area (Å²) in [7, 11) is 1.57. The molecular weight excluding hydrogens is 342 g/mol. The molecule has 6 heteroatoms. The molecule has 0 amide bonds. The number of nitro groups is 1. The number of nitro benzene ring substituents is 1. The van der Waals surface area contributed by atoms with E-state index in [-0.39, 0.29) is 18.3 Å². The molecule has 0 saturated heterocycles. The normalized spacial score (nSPS) is 11.8. The fourth-order valence-electron chi connectivity index (χ4n) is 2.99. The number of nitrogens with one attached hydrogen (secondary N) is 1. The monoisotopic (exact) mass is 363 g/mol. The Kier molecular flexibility index (Phi) is 5.78. The van der Waals surface area contributed by atoms with E-state index >= 15 is 0 Å². The third-order valence-electron chi connectivity index (χ3n) is 4.26. The van der Waals surface area contributed by atoms with Gasteiger partial charge in [0.2, 0.25) is 0 Å². The molecule has 0 bridgehead atoms. The zero-order valence-electron chi connectivity index (χ0n) is 15.3. The van der Waals surface area contributed by atoms with E-state index < -0.39 is 4.92 Å². The van der Waals surface area contributed by atoms with Crippen molar-refractivity contribution in [3.63, 3.8) is 0 Å². The number of non-ortho nitro benzene ring substituents is 1. The fourth-order valence-corrected chi connectivity index (χ4v) is 2.99. The Morgan fingerprint density at radius 1 is 1.15 bits per heavy atom. The number of methoxy groups -OCH3 is 1. The summed E-state index contributed by atoms with van der Waals surface area (Å²) in [5.74, 6) is 0. The van der Waals surface area contributed by atoms with E-state index in [0.717, 1.165) is 28.1 Å². The van der Waals surface area contributed by atoms with Crippen molar-refractivity contribution in [1.29, 1.82) is 0 Å². The number of nitrogens with zero attached hydrogens (tertiary/aromatic N) is 2. The van der Waals surface area contributed by atoms with Crippen LogP contribution in [-0.2, 0) is 11.3 Å². The molecule has 0 radical (unpaired) electrons. The number of hydrogen-bond donors (Lipinski definition) is 1. The Hall–Kier alpha value is -3.25. The molecule has 0 aliphatic carbocycles. The maximum Gasteiger partial charge on any atom is 0.269 e. The van der Waals surface area contributed by atoms with Gasteiger partial charge in [0.05, 0.1) is 23.3 Å². The maximum absolute atomic E-state index is 11.1. The maximum atomic E-state index is 11.1. The largest absolute Gasteiger partial charge is 0.380 e. The van der Waals surface area contributed by atoms with Crippen molar-refractivity contribution in [1.82, 2.24) is 4.98 Å². The number of benzene rings is 2. The van der Waals surface area contributed by atoms with Crippen LogP contribution in [0.25, 0.3) is 0 Å². The fraction of sp³-hybridized carbons (Fsp3) is 0.190. The van der Waals surface area contributed by atoms with E-state index in [1.807, 2.05) is 43.3 Å². The molecule has 0 saturated carbocycles. The molecule has 27 heavy (non-hydrogen) atoms. The van der Waals surface area contributed by atoms with Gasteiger partial charge in [0.1, 0.15) is 0 Å². The molecule has 6 nitrogen and oxygen atoms in total. The highest BCUT2D eigenvalue weighted by Gasteiger charge is 2.18. The topological polar surface area (TPSA) is 77.3 Å². The summed E-state index contributed by atoms with van der Waals surface area (Å²) in [6, 6.07) is 18.5. The lowest BCUT2D eigenvalue weighted by atomic mass is 10.00. The molecule has 1 heterocycles. The summed E-state index contributed by atoms with van der Waals surface area (Å²) in [4.78, 5) is 15.2. The van der Waals surface area contributed by atoms with Crippen LogP contribution in [0.15, 0.2) is 66.9 Å². The highest BCUT2D eigenvalue weighted by atomic mass is 16.6. The number of aryl methyl sites for hydroxylation is 1. The van der Waals surface area contributed by atoms with E-state index in [1.54, 1.807) is 19.4 Å². The van der Waals surface area contributed by atoms with Gasteiger partial charge in [-0.25, -0.2) is 0 Å². The zero-order valence-corrected chi connectivity index (χ0v) is 15.3. The first-order valence-corrected chi connectivity index (χ1v) is 8.59. The van der Waals surface area contributed by atoms with Crippen LogP contribution in [0.5, 0.6) is 0 Å². The van der Waals surface area contributed by atoms with Crippen molar-refractivity contribution >= 4 is 11.4 Å². The first-order chi connectivity index (χ1) is 13.1. The number of pyridine rings is 1. The van der Waals surface area contributed by atoms with Crippen LogP contribution >= 0.6 is 0 Å². The van der Waals surface area contributed by atoms with Crippen LogP contribution in [0, 0.1) is 17.0 Å². The Labute approximate surface area is 158 Å². The summed E-state index contributed by atoms with van der Waals surface area (Å²) in [5, 5.41) is 14.6. The van der Waals surface area contributed by atoms with E-state index in [9.17, 15) is 10.1 Å². The molecule has 138 valence electrons. The van der Waals surface area contributed by atoms with Crippen LogP contribution in [0.1, 0.15) is 28.4 Å². The van der Waals surface area contributed by atoms with E-state index in [2.05, 4.69) is 16.4 Å². The predicted octanol–water partition coefficient (Wildman–Crippen LogP) is 4.65. The summed E-state index contributed by atoms with van der Waals surface area (Å²) >= 11 is 0. The van der Waals surface area contributed by atoms with Gasteiger partial charge in [-0.05, 0) is 30.7 Å². The van der Waals surface area contributed by atoms with Crippen LogP contribution in [0.2, 0.25) is 0 Å². The van der Waals surface area contributed by atoms with Crippen LogP contribution in [0.3, 0.4) is 0 Å². The second-order valence-corrected chi connectivity index (χ2v) is 6.28.